The molecule has 0 aliphatic carbocycles. The molecule has 0 aromatic rings. The normalized spacial score (nSPS) is 26.0. The minimum absolute atomic E-state index is 0.0262. The van der Waals surface area contributed by atoms with E-state index in [-0.39, 0.29) is 17.7 Å². The summed E-state index contributed by atoms with van der Waals surface area (Å²) in [7, 11) is 0. The molecule has 1 fully saturated rings. The van der Waals surface area contributed by atoms with Crippen molar-refractivity contribution in [3.63, 3.8) is 0 Å². The first-order chi connectivity index (χ1) is 6.93. The van der Waals surface area contributed by atoms with E-state index in [4.69, 9.17) is 5.11 Å². The van der Waals surface area contributed by atoms with Crippen LogP contribution in [0.15, 0.2) is 0 Å². The molecule has 4 heteroatoms. The molecule has 1 heterocycles. The molecule has 0 aromatic heterocycles. The van der Waals surface area contributed by atoms with Crippen LogP contribution in [0.5, 0.6) is 0 Å². The van der Waals surface area contributed by atoms with Gasteiger partial charge in [-0.05, 0) is 18.3 Å². The largest absolute Gasteiger partial charge is 0.480 e. The molecule has 86 valence electrons. The van der Waals surface area contributed by atoms with E-state index in [1.54, 1.807) is 0 Å². The molecule has 15 heavy (non-hydrogen) atoms. The molecule has 4 nitrogen and oxygen atoms in total. The molecule has 2 unspecified atom stereocenters. The molecular formula is C11H19NO3. The number of carbonyl (C=O) groups excluding carboxylic acids is 1. The first kappa shape index (κ1) is 12.0. The summed E-state index contributed by atoms with van der Waals surface area (Å²) < 4.78 is 0. The minimum atomic E-state index is -0.878. The van der Waals surface area contributed by atoms with Gasteiger partial charge in [0.25, 0.3) is 0 Å². The van der Waals surface area contributed by atoms with Gasteiger partial charge >= 0.3 is 5.97 Å². The zero-order chi connectivity index (χ0) is 11.6. The van der Waals surface area contributed by atoms with Crippen molar-refractivity contribution in [2.24, 2.45) is 11.8 Å². The summed E-state index contributed by atoms with van der Waals surface area (Å²) in [6.07, 6.45) is 1.23. The van der Waals surface area contributed by atoms with Crippen molar-refractivity contribution < 1.29 is 14.7 Å². The van der Waals surface area contributed by atoms with Gasteiger partial charge in [-0.2, -0.15) is 0 Å². The Morgan fingerprint density at radius 2 is 2.07 bits per heavy atom. The van der Waals surface area contributed by atoms with Crippen LogP contribution in [0.3, 0.4) is 0 Å². The molecule has 0 bridgehead atoms. The lowest BCUT2D eigenvalue weighted by Crippen LogP contribution is -2.43. The molecular weight excluding hydrogens is 194 g/mol. The van der Waals surface area contributed by atoms with E-state index in [0.29, 0.717) is 13.0 Å². The number of carbonyl (C=O) groups is 2. The zero-order valence-corrected chi connectivity index (χ0v) is 9.56. The van der Waals surface area contributed by atoms with Gasteiger partial charge in [0.1, 0.15) is 6.04 Å². The highest BCUT2D eigenvalue weighted by Crippen LogP contribution is 2.25. The topological polar surface area (TPSA) is 57.6 Å². The summed E-state index contributed by atoms with van der Waals surface area (Å²) in [5.41, 5.74) is 0. The lowest BCUT2D eigenvalue weighted by molar-refractivity contribution is -0.149. The van der Waals surface area contributed by atoms with Gasteiger partial charge in [-0.3, -0.25) is 4.79 Å². The van der Waals surface area contributed by atoms with E-state index < -0.39 is 12.0 Å². The van der Waals surface area contributed by atoms with Gasteiger partial charge in [0.05, 0.1) is 0 Å². The third-order valence-electron chi connectivity index (χ3n) is 2.86. The van der Waals surface area contributed by atoms with Crippen LogP contribution in [0.2, 0.25) is 0 Å². The number of rotatable bonds is 3. The summed E-state index contributed by atoms with van der Waals surface area (Å²) in [4.78, 5) is 24.3. The van der Waals surface area contributed by atoms with Crippen molar-refractivity contribution in [2.75, 3.05) is 6.54 Å². The van der Waals surface area contributed by atoms with Crippen LogP contribution >= 0.6 is 0 Å². The van der Waals surface area contributed by atoms with E-state index in [9.17, 15) is 9.59 Å². The average Bonchev–Trinajstić information content (AvgIpc) is 2.45. The molecule has 0 saturated carbocycles. The zero-order valence-electron chi connectivity index (χ0n) is 9.56. The highest BCUT2D eigenvalue weighted by atomic mass is 16.4. The lowest BCUT2D eigenvalue weighted by atomic mass is 10.0. The quantitative estimate of drug-likeness (QED) is 0.770. The fourth-order valence-electron chi connectivity index (χ4n) is 2.07. The maximum atomic E-state index is 11.8. The molecule has 1 saturated heterocycles. The van der Waals surface area contributed by atoms with Crippen molar-refractivity contribution in [3.8, 4) is 0 Å². The van der Waals surface area contributed by atoms with E-state index in [1.165, 1.54) is 4.90 Å². The number of amides is 1. The van der Waals surface area contributed by atoms with Crippen molar-refractivity contribution in [2.45, 2.75) is 39.7 Å². The van der Waals surface area contributed by atoms with Crippen LogP contribution in [0.1, 0.15) is 33.6 Å². The third-order valence-corrected chi connectivity index (χ3v) is 2.86. The van der Waals surface area contributed by atoms with Crippen LogP contribution in [-0.2, 0) is 9.59 Å². The Morgan fingerprint density at radius 3 is 2.53 bits per heavy atom. The molecule has 0 aromatic carbocycles. The third kappa shape index (κ3) is 2.70. The van der Waals surface area contributed by atoms with Gasteiger partial charge in [0.15, 0.2) is 0 Å². The van der Waals surface area contributed by atoms with Crippen LogP contribution in [0.25, 0.3) is 0 Å². The van der Waals surface area contributed by atoms with Crippen LogP contribution < -0.4 is 0 Å². The number of carboxylic acid groups (broad SMARTS) is 1. The van der Waals surface area contributed by atoms with Gasteiger partial charge < -0.3 is 10.0 Å². The number of carboxylic acids is 1. The monoisotopic (exact) mass is 213 g/mol. The molecule has 2 atom stereocenters. The number of likely N-dealkylation sites (tertiary alicyclic amines) is 1. The van der Waals surface area contributed by atoms with Gasteiger partial charge in [-0.1, -0.05) is 20.8 Å². The number of aliphatic carboxylic acids is 1. The first-order valence-corrected chi connectivity index (χ1v) is 5.45. The van der Waals surface area contributed by atoms with Gasteiger partial charge in [-0.25, -0.2) is 4.79 Å². The maximum Gasteiger partial charge on any atom is 0.326 e. The molecule has 1 amide bonds. The van der Waals surface area contributed by atoms with Crippen molar-refractivity contribution in [3.05, 3.63) is 0 Å². The molecule has 1 rings (SSSR count). The number of hydrogen-bond donors (Lipinski definition) is 1. The van der Waals surface area contributed by atoms with Crippen molar-refractivity contribution >= 4 is 11.9 Å². The first-order valence-electron chi connectivity index (χ1n) is 5.45. The lowest BCUT2D eigenvalue weighted by Gasteiger charge is -2.24. The van der Waals surface area contributed by atoms with Crippen molar-refractivity contribution in [1.29, 1.82) is 0 Å². The minimum Gasteiger partial charge on any atom is -0.480 e. The second kappa shape index (κ2) is 4.64. The Morgan fingerprint density at radius 1 is 1.47 bits per heavy atom. The van der Waals surface area contributed by atoms with Crippen molar-refractivity contribution in [1.82, 2.24) is 4.90 Å². The SMILES string of the molecule is CC(C)CC(=O)N1CCC(C)C1C(=O)O. The number of nitrogens with zero attached hydrogens (tertiary/aromatic N) is 1. The van der Waals surface area contributed by atoms with E-state index in [2.05, 4.69) is 0 Å². The highest BCUT2D eigenvalue weighted by Gasteiger charge is 2.39. The van der Waals surface area contributed by atoms with E-state index in [0.717, 1.165) is 6.42 Å². The molecule has 1 aliphatic heterocycles. The predicted molar refractivity (Wildman–Crippen MR) is 56.4 cm³/mol. The fraction of sp³-hybridized carbons (Fsp3) is 0.818. The molecule has 1 N–H and O–H groups in total. The number of hydrogen-bond acceptors (Lipinski definition) is 2. The summed E-state index contributed by atoms with van der Waals surface area (Å²) in [5, 5.41) is 9.04. The Hall–Kier alpha value is -1.06. The van der Waals surface area contributed by atoms with E-state index in [1.807, 2.05) is 20.8 Å². The van der Waals surface area contributed by atoms with Crippen LogP contribution in [0, 0.1) is 11.8 Å². The maximum absolute atomic E-state index is 11.8. The standard InChI is InChI=1S/C11H19NO3/c1-7(2)6-9(13)12-5-4-8(3)10(12)11(14)15/h7-8,10H,4-6H2,1-3H3,(H,14,15). The molecule has 1 aliphatic rings. The second-order valence-corrected chi connectivity index (χ2v) is 4.73. The molecule has 0 radical (unpaired) electrons. The molecule has 0 spiro atoms. The predicted octanol–water partition coefficient (Wildman–Crippen LogP) is 1.35. The Bertz CT molecular complexity index is 263. The Kier molecular flexibility index (Phi) is 3.72. The summed E-state index contributed by atoms with van der Waals surface area (Å²) >= 11 is 0. The summed E-state index contributed by atoms with van der Waals surface area (Å²) in [5.74, 6) is -0.555. The summed E-state index contributed by atoms with van der Waals surface area (Å²) in [6.45, 7) is 6.41. The smallest absolute Gasteiger partial charge is 0.326 e. The Balaban J connectivity index is 2.68. The second-order valence-electron chi connectivity index (χ2n) is 4.73. The van der Waals surface area contributed by atoms with Gasteiger partial charge in [-0.15, -0.1) is 0 Å². The average molecular weight is 213 g/mol. The fourth-order valence-corrected chi connectivity index (χ4v) is 2.07. The van der Waals surface area contributed by atoms with Gasteiger partial charge in [0, 0.05) is 13.0 Å². The van der Waals surface area contributed by atoms with Crippen LogP contribution in [0.4, 0.5) is 0 Å². The Labute approximate surface area is 90.3 Å². The van der Waals surface area contributed by atoms with E-state index >= 15 is 0 Å². The summed E-state index contributed by atoms with van der Waals surface area (Å²) in [6, 6.07) is -0.615. The van der Waals surface area contributed by atoms with Crippen LogP contribution in [-0.4, -0.2) is 34.5 Å². The highest BCUT2D eigenvalue weighted by molar-refractivity contribution is 5.84. The van der Waals surface area contributed by atoms with Gasteiger partial charge in [0.2, 0.25) is 5.91 Å².